The lowest BCUT2D eigenvalue weighted by Gasteiger charge is -2.31. The van der Waals surface area contributed by atoms with Gasteiger partial charge in [-0.2, -0.15) is 0 Å². The first-order valence-electron chi connectivity index (χ1n) is 16.3. The second-order valence-corrected chi connectivity index (χ2v) is 12.5. The van der Waals surface area contributed by atoms with E-state index in [9.17, 15) is 19.5 Å². The molecule has 2 aromatic rings. The summed E-state index contributed by atoms with van der Waals surface area (Å²) < 4.78 is 18.6. The number of aromatic nitrogens is 1. The van der Waals surface area contributed by atoms with Crippen molar-refractivity contribution in [3.63, 3.8) is 0 Å². The molecule has 2 amide bonds. The van der Waals surface area contributed by atoms with Gasteiger partial charge in [0.15, 0.2) is 0 Å². The van der Waals surface area contributed by atoms with Gasteiger partial charge in [-0.25, -0.2) is 14.6 Å². The smallest absolute Gasteiger partial charge is 0.408 e. The van der Waals surface area contributed by atoms with E-state index in [0.29, 0.717) is 24.7 Å². The minimum atomic E-state index is -1.10. The lowest BCUT2D eigenvalue weighted by atomic mass is 9.96. The van der Waals surface area contributed by atoms with Crippen molar-refractivity contribution in [3.05, 3.63) is 42.0 Å². The predicted molar refractivity (Wildman–Crippen MR) is 164 cm³/mol. The number of carbonyl (C=O) groups excluding carboxylic acids is 2. The number of pyridine rings is 1. The standard InChI is InChI=1S/C34H43N3O7/c1-2-42-30-24-15-8-9-17-26(24)35-31-25(30)16-5-3-4-11-21-14-10-18-28(21)44-34(41)36-29(22-12-6-7-13-22)32(38)37-20-23(43-31)19-27(37)33(39)40/h3,5,8-9,15,17,21-23,27-29H,2,4,6-7,10-14,16,18-20H2,1H3,(H,36,41)(H,39,40)/b5-3+/t21-,23-,27+,28?,29+/m1/s1. The van der Waals surface area contributed by atoms with E-state index in [0.717, 1.165) is 74.3 Å². The third kappa shape index (κ3) is 6.35. The summed E-state index contributed by atoms with van der Waals surface area (Å²) in [6, 6.07) is 5.83. The number of carboxylic acids is 1. The summed E-state index contributed by atoms with van der Waals surface area (Å²) in [7, 11) is 0. The molecule has 0 radical (unpaired) electrons. The first-order chi connectivity index (χ1) is 21.4. The molecule has 2 aliphatic heterocycles. The van der Waals surface area contributed by atoms with Crippen molar-refractivity contribution >= 4 is 28.9 Å². The van der Waals surface area contributed by atoms with E-state index in [-0.39, 0.29) is 36.8 Å². The van der Waals surface area contributed by atoms with Gasteiger partial charge in [-0.3, -0.25) is 4.79 Å². The van der Waals surface area contributed by atoms with Gasteiger partial charge in [-0.15, -0.1) is 0 Å². The molecule has 1 unspecified atom stereocenters. The SMILES string of the molecule is CCOc1c2c(nc3ccccc13)O[C@@H]1C[C@@H](C(=O)O)N(C1)C(=O)[C@H](C1CCCC1)NC(=O)OC1CCC[C@H]1CC/C=C/C2. The van der Waals surface area contributed by atoms with E-state index in [4.69, 9.17) is 19.2 Å². The van der Waals surface area contributed by atoms with Crippen molar-refractivity contribution in [2.45, 2.75) is 102 Å². The van der Waals surface area contributed by atoms with Gasteiger partial charge in [0, 0.05) is 11.8 Å². The van der Waals surface area contributed by atoms with E-state index in [1.54, 1.807) is 0 Å². The molecule has 1 aromatic heterocycles. The van der Waals surface area contributed by atoms with E-state index in [1.165, 1.54) is 4.90 Å². The van der Waals surface area contributed by atoms with Crippen molar-refractivity contribution in [2.75, 3.05) is 13.2 Å². The van der Waals surface area contributed by atoms with Crippen molar-refractivity contribution in [3.8, 4) is 11.6 Å². The Labute approximate surface area is 258 Å². The molecule has 10 heteroatoms. The number of nitrogens with one attached hydrogen (secondary N) is 1. The summed E-state index contributed by atoms with van der Waals surface area (Å²) in [5.74, 6) is -0.196. The van der Waals surface area contributed by atoms with Crippen LogP contribution in [0.5, 0.6) is 11.6 Å². The number of hydrogen-bond donors (Lipinski definition) is 2. The minimum absolute atomic E-state index is 0.0675. The average molecular weight is 606 g/mol. The van der Waals surface area contributed by atoms with Crippen LogP contribution < -0.4 is 14.8 Å². The maximum absolute atomic E-state index is 14.1. The summed E-state index contributed by atoms with van der Waals surface area (Å²) in [4.78, 5) is 46.0. The first kappa shape index (κ1) is 30.2. The highest BCUT2D eigenvalue weighted by molar-refractivity contribution is 5.90. The van der Waals surface area contributed by atoms with Crippen LogP contribution in [0, 0.1) is 11.8 Å². The number of allylic oxidation sites excluding steroid dienone is 2. The zero-order chi connectivity index (χ0) is 30.6. The number of fused-ring (bicyclic) bond motifs is 5. The summed E-state index contributed by atoms with van der Waals surface area (Å²) >= 11 is 0. The van der Waals surface area contributed by atoms with Gasteiger partial charge in [-0.05, 0) is 82.3 Å². The molecule has 1 saturated heterocycles. The Balaban J connectivity index is 1.38. The van der Waals surface area contributed by atoms with Crippen LogP contribution in [-0.4, -0.2) is 70.4 Å². The molecule has 3 heterocycles. The van der Waals surface area contributed by atoms with Crippen molar-refractivity contribution in [2.24, 2.45) is 11.8 Å². The molecule has 10 nitrogen and oxygen atoms in total. The highest BCUT2D eigenvalue weighted by Gasteiger charge is 2.46. The summed E-state index contributed by atoms with van der Waals surface area (Å²) in [6.07, 6.45) is 11.6. The molecule has 2 aliphatic carbocycles. The lowest BCUT2D eigenvalue weighted by molar-refractivity contribution is -0.149. The van der Waals surface area contributed by atoms with E-state index >= 15 is 0 Å². The van der Waals surface area contributed by atoms with Gasteiger partial charge in [-0.1, -0.05) is 37.1 Å². The van der Waals surface area contributed by atoms with Crippen LogP contribution in [0.4, 0.5) is 4.79 Å². The molecule has 1 aromatic carbocycles. The highest BCUT2D eigenvalue weighted by Crippen LogP contribution is 2.38. The third-order valence-electron chi connectivity index (χ3n) is 9.75. The van der Waals surface area contributed by atoms with E-state index in [1.807, 2.05) is 31.2 Å². The van der Waals surface area contributed by atoms with Gasteiger partial charge in [0.2, 0.25) is 11.8 Å². The molecule has 3 fully saturated rings. The Morgan fingerprint density at radius 1 is 1.05 bits per heavy atom. The van der Waals surface area contributed by atoms with Gasteiger partial charge < -0.3 is 29.5 Å². The molecular formula is C34H43N3O7. The van der Waals surface area contributed by atoms with Crippen LogP contribution in [0.25, 0.3) is 10.9 Å². The molecule has 2 bridgehead atoms. The summed E-state index contributed by atoms with van der Waals surface area (Å²) in [6.45, 7) is 2.49. The minimum Gasteiger partial charge on any atom is -0.493 e. The second kappa shape index (κ2) is 13.4. The van der Waals surface area contributed by atoms with Crippen molar-refractivity contribution in [1.82, 2.24) is 15.2 Å². The Morgan fingerprint density at radius 2 is 1.84 bits per heavy atom. The summed E-state index contributed by atoms with van der Waals surface area (Å²) in [5.41, 5.74) is 1.52. The van der Waals surface area contributed by atoms with Gasteiger partial charge in [0.05, 0.1) is 24.2 Å². The Hall–Kier alpha value is -3.82. The number of hydrogen-bond acceptors (Lipinski definition) is 7. The fraction of sp³-hybridized carbons (Fsp3) is 0.588. The first-order valence-corrected chi connectivity index (χ1v) is 16.3. The second-order valence-electron chi connectivity index (χ2n) is 12.5. The molecule has 6 rings (SSSR count). The number of para-hydroxylation sites is 1. The molecule has 2 N–H and O–H groups in total. The van der Waals surface area contributed by atoms with Crippen LogP contribution >= 0.6 is 0 Å². The zero-order valence-electron chi connectivity index (χ0n) is 25.4. The van der Waals surface area contributed by atoms with Crippen LogP contribution in [0.15, 0.2) is 36.4 Å². The molecule has 236 valence electrons. The number of ether oxygens (including phenoxy) is 3. The topological polar surface area (TPSA) is 127 Å². The largest absolute Gasteiger partial charge is 0.493 e. The third-order valence-corrected chi connectivity index (χ3v) is 9.75. The average Bonchev–Trinajstić information content (AvgIpc) is 3.78. The molecule has 2 saturated carbocycles. The number of rotatable bonds is 4. The number of carbonyl (C=O) groups is 3. The molecule has 5 atom stereocenters. The van der Waals surface area contributed by atoms with Gasteiger partial charge in [0.1, 0.15) is 30.0 Å². The predicted octanol–water partition coefficient (Wildman–Crippen LogP) is 5.41. The normalized spacial score (nSPS) is 29.1. The monoisotopic (exact) mass is 605 g/mol. The zero-order valence-corrected chi connectivity index (χ0v) is 25.4. The lowest BCUT2D eigenvalue weighted by Crippen LogP contribution is -2.55. The van der Waals surface area contributed by atoms with Crippen LogP contribution in [0.3, 0.4) is 0 Å². The van der Waals surface area contributed by atoms with E-state index in [2.05, 4.69) is 17.5 Å². The van der Waals surface area contributed by atoms with Crippen LogP contribution in [-0.2, 0) is 20.7 Å². The van der Waals surface area contributed by atoms with Crippen LogP contribution in [0.2, 0.25) is 0 Å². The maximum atomic E-state index is 14.1. The van der Waals surface area contributed by atoms with Crippen LogP contribution in [0.1, 0.15) is 76.7 Å². The fourth-order valence-electron chi connectivity index (χ4n) is 7.57. The molecule has 44 heavy (non-hydrogen) atoms. The molecule has 0 spiro atoms. The number of amides is 2. The van der Waals surface area contributed by atoms with Gasteiger partial charge >= 0.3 is 12.1 Å². The fourth-order valence-corrected chi connectivity index (χ4v) is 7.57. The molecule has 4 aliphatic rings. The van der Waals surface area contributed by atoms with Crippen molar-refractivity contribution < 1.29 is 33.7 Å². The molecular weight excluding hydrogens is 562 g/mol. The van der Waals surface area contributed by atoms with Gasteiger partial charge in [0.25, 0.3) is 0 Å². The Bertz CT molecular complexity index is 1400. The maximum Gasteiger partial charge on any atom is 0.408 e. The number of alkyl carbamates (subject to hydrolysis) is 1. The number of benzene rings is 1. The quantitative estimate of drug-likeness (QED) is 0.443. The summed E-state index contributed by atoms with van der Waals surface area (Å²) in [5, 5.41) is 14.0. The number of nitrogens with zero attached hydrogens (tertiary/aromatic N) is 2. The number of carboxylic acid groups (broad SMARTS) is 1. The van der Waals surface area contributed by atoms with Crippen molar-refractivity contribution in [1.29, 1.82) is 0 Å². The Morgan fingerprint density at radius 3 is 2.64 bits per heavy atom. The highest BCUT2D eigenvalue weighted by atomic mass is 16.6. The Kier molecular flexibility index (Phi) is 9.23. The number of aliphatic carboxylic acids is 1. The van der Waals surface area contributed by atoms with E-state index < -0.39 is 30.3 Å².